The van der Waals surface area contributed by atoms with Gasteiger partial charge in [0.25, 0.3) is 5.91 Å². The predicted molar refractivity (Wildman–Crippen MR) is 126 cm³/mol. The first kappa shape index (κ1) is 24.8. The smallest absolute Gasteiger partial charge is 0.251 e. The van der Waals surface area contributed by atoms with Gasteiger partial charge in [0.15, 0.2) is 0 Å². The summed E-state index contributed by atoms with van der Waals surface area (Å²) in [5.41, 5.74) is 0.358. The van der Waals surface area contributed by atoms with Crippen LogP contribution in [0.3, 0.4) is 0 Å². The monoisotopic (exact) mass is 489 g/mol. The van der Waals surface area contributed by atoms with Crippen molar-refractivity contribution in [3.8, 4) is 0 Å². The molecule has 0 radical (unpaired) electrons. The Morgan fingerprint density at radius 2 is 1.68 bits per heavy atom. The van der Waals surface area contributed by atoms with Crippen LogP contribution < -0.4 is 5.32 Å². The van der Waals surface area contributed by atoms with Crippen LogP contribution in [0.5, 0.6) is 0 Å². The molecule has 1 amide bonds. The molecule has 0 spiro atoms. The molecule has 2 aliphatic rings. The third-order valence-electron chi connectivity index (χ3n) is 6.56. The van der Waals surface area contributed by atoms with Crippen LogP contribution in [0.25, 0.3) is 0 Å². The molecular weight excluding hydrogens is 457 g/mol. The highest BCUT2D eigenvalue weighted by atomic mass is 35.5. The van der Waals surface area contributed by atoms with Crippen molar-refractivity contribution in [2.45, 2.75) is 57.4 Å². The molecular formula is C22H33Cl2N3O3S. The van der Waals surface area contributed by atoms with Gasteiger partial charge in [0.2, 0.25) is 10.0 Å². The van der Waals surface area contributed by atoms with Crippen LogP contribution in [-0.2, 0) is 10.0 Å². The Bertz CT molecular complexity index is 863. The van der Waals surface area contributed by atoms with E-state index in [-0.39, 0.29) is 17.2 Å². The van der Waals surface area contributed by atoms with E-state index in [4.69, 9.17) is 23.2 Å². The summed E-state index contributed by atoms with van der Waals surface area (Å²) in [4.78, 5) is 15.2. The van der Waals surface area contributed by atoms with Gasteiger partial charge in [-0.25, -0.2) is 8.42 Å². The summed E-state index contributed by atoms with van der Waals surface area (Å²) in [5.74, 6) is 0.0454. The second kappa shape index (κ2) is 10.8. The lowest BCUT2D eigenvalue weighted by atomic mass is 9.87. The Morgan fingerprint density at radius 1 is 1.03 bits per heavy atom. The second-order valence-corrected chi connectivity index (χ2v) is 11.6. The van der Waals surface area contributed by atoms with E-state index < -0.39 is 10.0 Å². The number of carbonyl (C=O) groups excluding carboxylic acids is 1. The Labute approximate surface area is 196 Å². The van der Waals surface area contributed by atoms with Crippen LogP contribution in [0.15, 0.2) is 18.2 Å². The van der Waals surface area contributed by atoms with Gasteiger partial charge in [0, 0.05) is 43.8 Å². The first-order chi connectivity index (χ1) is 14.8. The van der Waals surface area contributed by atoms with Crippen molar-refractivity contribution in [3.05, 3.63) is 33.8 Å². The fourth-order valence-electron chi connectivity index (χ4n) is 4.80. The highest BCUT2D eigenvalue weighted by molar-refractivity contribution is 7.89. The molecule has 1 heterocycles. The molecule has 1 aromatic rings. The maximum absolute atomic E-state index is 12.8. The van der Waals surface area contributed by atoms with E-state index in [1.807, 2.05) is 6.92 Å². The molecule has 1 aliphatic heterocycles. The van der Waals surface area contributed by atoms with E-state index in [9.17, 15) is 13.2 Å². The quantitative estimate of drug-likeness (QED) is 0.583. The molecule has 31 heavy (non-hydrogen) atoms. The highest BCUT2D eigenvalue weighted by Gasteiger charge is 2.40. The zero-order chi connectivity index (χ0) is 22.5. The first-order valence-electron chi connectivity index (χ1n) is 11.2. The van der Waals surface area contributed by atoms with Crippen molar-refractivity contribution >= 4 is 39.1 Å². The number of piperazine rings is 1. The van der Waals surface area contributed by atoms with Crippen molar-refractivity contribution in [1.29, 1.82) is 0 Å². The lowest BCUT2D eigenvalue weighted by molar-refractivity contribution is 0.0391. The molecule has 0 bridgehead atoms. The SMILES string of the molecule is CCCS(=O)(=O)N1CCN(C2(CNC(=O)c3ccc(Cl)c(Cl)c3)CCCCCC2)CC1. The number of halogens is 2. The van der Waals surface area contributed by atoms with E-state index in [1.54, 1.807) is 22.5 Å². The van der Waals surface area contributed by atoms with Gasteiger partial charge in [-0.1, -0.05) is 55.8 Å². The number of amides is 1. The number of hydrogen-bond acceptors (Lipinski definition) is 4. The fraction of sp³-hybridized carbons (Fsp3) is 0.682. The Balaban J connectivity index is 1.70. The number of nitrogens with zero attached hydrogens (tertiary/aromatic N) is 2. The number of sulfonamides is 1. The number of nitrogens with one attached hydrogen (secondary N) is 1. The van der Waals surface area contributed by atoms with Gasteiger partial charge >= 0.3 is 0 Å². The van der Waals surface area contributed by atoms with Gasteiger partial charge in [-0.2, -0.15) is 4.31 Å². The minimum Gasteiger partial charge on any atom is -0.350 e. The molecule has 2 fully saturated rings. The Morgan fingerprint density at radius 3 is 2.26 bits per heavy atom. The van der Waals surface area contributed by atoms with Crippen molar-refractivity contribution in [3.63, 3.8) is 0 Å². The van der Waals surface area contributed by atoms with E-state index in [2.05, 4.69) is 10.2 Å². The molecule has 0 unspecified atom stereocenters. The summed E-state index contributed by atoms with van der Waals surface area (Å²) in [6.07, 6.45) is 7.30. The molecule has 1 aromatic carbocycles. The fourth-order valence-corrected chi connectivity index (χ4v) is 6.60. The number of rotatable bonds is 7. The molecule has 1 saturated heterocycles. The molecule has 9 heteroatoms. The Kier molecular flexibility index (Phi) is 8.66. The molecule has 6 nitrogen and oxygen atoms in total. The van der Waals surface area contributed by atoms with E-state index >= 15 is 0 Å². The number of hydrogen-bond donors (Lipinski definition) is 1. The summed E-state index contributed by atoms with van der Waals surface area (Å²) >= 11 is 12.0. The number of benzene rings is 1. The molecule has 0 aromatic heterocycles. The third-order valence-corrected chi connectivity index (χ3v) is 9.37. The van der Waals surface area contributed by atoms with Crippen LogP contribution in [0.2, 0.25) is 10.0 Å². The first-order valence-corrected chi connectivity index (χ1v) is 13.6. The van der Waals surface area contributed by atoms with Crippen molar-refractivity contribution in [2.24, 2.45) is 0 Å². The topological polar surface area (TPSA) is 69.7 Å². The maximum atomic E-state index is 12.8. The summed E-state index contributed by atoms with van der Waals surface area (Å²) in [7, 11) is -3.17. The van der Waals surface area contributed by atoms with Crippen LogP contribution in [0.1, 0.15) is 62.2 Å². The summed E-state index contributed by atoms with van der Waals surface area (Å²) in [5, 5.41) is 3.92. The maximum Gasteiger partial charge on any atom is 0.251 e. The van der Waals surface area contributed by atoms with E-state index in [0.717, 1.165) is 25.7 Å². The largest absolute Gasteiger partial charge is 0.350 e. The minimum absolute atomic E-state index is 0.136. The van der Waals surface area contributed by atoms with Crippen molar-refractivity contribution in [2.75, 3.05) is 38.5 Å². The van der Waals surface area contributed by atoms with Crippen LogP contribution in [0.4, 0.5) is 0 Å². The van der Waals surface area contributed by atoms with Gasteiger partial charge in [0.05, 0.1) is 15.8 Å². The highest BCUT2D eigenvalue weighted by Crippen LogP contribution is 2.33. The zero-order valence-corrected chi connectivity index (χ0v) is 20.5. The molecule has 0 atom stereocenters. The molecule has 1 aliphatic carbocycles. The minimum atomic E-state index is -3.17. The third kappa shape index (κ3) is 6.14. The van der Waals surface area contributed by atoms with E-state index in [0.29, 0.717) is 54.8 Å². The van der Waals surface area contributed by atoms with Gasteiger partial charge in [-0.05, 0) is 37.5 Å². The average Bonchev–Trinajstić information content (AvgIpc) is 3.01. The number of carbonyl (C=O) groups is 1. The van der Waals surface area contributed by atoms with Gasteiger partial charge in [-0.15, -0.1) is 0 Å². The molecule has 3 rings (SSSR count). The molecule has 1 saturated carbocycles. The van der Waals surface area contributed by atoms with Gasteiger partial charge in [0.1, 0.15) is 0 Å². The molecule has 174 valence electrons. The van der Waals surface area contributed by atoms with Gasteiger partial charge < -0.3 is 5.32 Å². The second-order valence-electron chi connectivity index (χ2n) is 8.65. The normalized spacial score (nSPS) is 20.9. The lowest BCUT2D eigenvalue weighted by Crippen LogP contribution is -2.61. The predicted octanol–water partition coefficient (Wildman–Crippen LogP) is 4.17. The zero-order valence-electron chi connectivity index (χ0n) is 18.2. The molecule has 1 N–H and O–H groups in total. The van der Waals surface area contributed by atoms with Crippen LogP contribution in [-0.4, -0.2) is 67.5 Å². The standard InChI is InChI=1S/C22H33Cl2N3O3S/c1-2-15-31(29,30)27-13-11-26(12-14-27)22(9-5-3-4-6-10-22)17-25-21(28)18-7-8-19(23)20(24)16-18/h7-8,16H,2-6,9-15,17H2,1H3,(H,25,28). The van der Waals surface area contributed by atoms with Gasteiger partial charge in [-0.3, -0.25) is 9.69 Å². The van der Waals surface area contributed by atoms with E-state index in [1.165, 1.54) is 12.8 Å². The summed E-state index contributed by atoms with van der Waals surface area (Å²) < 4.78 is 26.5. The summed E-state index contributed by atoms with van der Waals surface area (Å²) in [6, 6.07) is 4.91. The van der Waals surface area contributed by atoms with Crippen molar-refractivity contribution < 1.29 is 13.2 Å². The summed E-state index contributed by atoms with van der Waals surface area (Å²) in [6.45, 7) is 4.88. The van der Waals surface area contributed by atoms with Crippen molar-refractivity contribution in [1.82, 2.24) is 14.5 Å². The van der Waals surface area contributed by atoms with Crippen LogP contribution in [0, 0.1) is 0 Å². The Hall–Kier alpha value is -0.860. The lowest BCUT2D eigenvalue weighted by Gasteiger charge is -2.47. The average molecular weight is 490 g/mol. The van der Waals surface area contributed by atoms with Crippen LogP contribution >= 0.6 is 23.2 Å².